The van der Waals surface area contributed by atoms with Crippen LogP contribution in [0.5, 0.6) is 0 Å². The van der Waals surface area contributed by atoms with Crippen LogP contribution in [0.15, 0.2) is 18.7 Å². The van der Waals surface area contributed by atoms with Gasteiger partial charge in [0, 0.05) is 31.9 Å². The van der Waals surface area contributed by atoms with Crippen molar-refractivity contribution in [2.75, 3.05) is 13.1 Å². The highest BCUT2D eigenvalue weighted by molar-refractivity contribution is 4.83. The van der Waals surface area contributed by atoms with Crippen LogP contribution in [0.4, 0.5) is 0 Å². The summed E-state index contributed by atoms with van der Waals surface area (Å²) in [5.41, 5.74) is 0. The largest absolute Gasteiger partial charge is 0.336 e. The van der Waals surface area contributed by atoms with Gasteiger partial charge in [-0.1, -0.05) is 0 Å². The van der Waals surface area contributed by atoms with Crippen molar-refractivity contribution in [3.8, 4) is 12.3 Å². The van der Waals surface area contributed by atoms with Crippen molar-refractivity contribution < 1.29 is 0 Å². The lowest BCUT2D eigenvalue weighted by Gasteiger charge is -2.03. The SMILES string of the molecule is C#CCCCNCCn1ccnc1. The molecule has 0 spiro atoms. The summed E-state index contributed by atoms with van der Waals surface area (Å²) in [4.78, 5) is 3.96. The summed E-state index contributed by atoms with van der Waals surface area (Å²) in [5.74, 6) is 2.62. The topological polar surface area (TPSA) is 29.9 Å². The molecule has 0 amide bonds. The van der Waals surface area contributed by atoms with Gasteiger partial charge in [-0.3, -0.25) is 0 Å². The third-order valence-corrected chi connectivity index (χ3v) is 1.78. The first kappa shape index (κ1) is 9.82. The molecule has 0 fully saturated rings. The monoisotopic (exact) mass is 177 g/mol. The molecule has 0 atom stereocenters. The molecule has 0 saturated carbocycles. The molecule has 0 unspecified atom stereocenters. The molecule has 1 rings (SSSR count). The van der Waals surface area contributed by atoms with Crippen molar-refractivity contribution in [1.29, 1.82) is 0 Å². The smallest absolute Gasteiger partial charge is 0.0946 e. The van der Waals surface area contributed by atoms with Crippen LogP contribution in [0.1, 0.15) is 12.8 Å². The van der Waals surface area contributed by atoms with Crippen LogP contribution >= 0.6 is 0 Å². The summed E-state index contributed by atoms with van der Waals surface area (Å²) in [6.07, 6.45) is 12.6. The van der Waals surface area contributed by atoms with Crippen molar-refractivity contribution in [2.45, 2.75) is 19.4 Å². The van der Waals surface area contributed by atoms with Crippen molar-refractivity contribution in [3.05, 3.63) is 18.7 Å². The van der Waals surface area contributed by atoms with E-state index >= 15 is 0 Å². The van der Waals surface area contributed by atoms with Gasteiger partial charge in [-0.15, -0.1) is 12.3 Å². The van der Waals surface area contributed by atoms with Gasteiger partial charge in [-0.25, -0.2) is 4.98 Å². The number of aromatic nitrogens is 2. The second-order valence-electron chi connectivity index (χ2n) is 2.86. The molecule has 0 aliphatic rings. The first-order valence-electron chi connectivity index (χ1n) is 4.53. The Morgan fingerprint density at radius 1 is 1.46 bits per heavy atom. The summed E-state index contributed by atoms with van der Waals surface area (Å²) in [6.45, 7) is 2.94. The summed E-state index contributed by atoms with van der Waals surface area (Å²) in [7, 11) is 0. The lowest BCUT2D eigenvalue weighted by atomic mass is 10.3. The maximum atomic E-state index is 5.13. The van der Waals surface area contributed by atoms with Crippen LogP contribution in [0.2, 0.25) is 0 Å². The Morgan fingerprint density at radius 2 is 2.38 bits per heavy atom. The van der Waals surface area contributed by atoms with E-state index in [1.807, 2.05) is 17.1 Å². The number of nitrogens with zero attached hydrogens (tertiary/aromatic N) is 2. The predicted molar refractivity (Wildman–Crippen MR) is 53.2 cm³/mol. The molecular weight excluding hydrogens is 162 g/mol. The van der Waals surface area contributed by atoms with Crippen molar-refractivity contribution in [2.24, 2.45) is 0 Å². The number of imidazole rings is 1. The van der Waals surface area contributed by atoms with Crippen LogP contribution < -0.4 is 5.32 Å². The fourth-order valence-electron chi connectivity index (χ4n) is 1.07. The average molecular weight is 177 g/mol. The van der Waals surface area contributed by atoms with Crippen molar-refractivity contribution in [1.82, 2.24) is 14.9 Å². The molecular formula is C10H15N3. The molecule has 0 radical (unpaired) electrons. The van der Waals surface area contributed by atoms with E-state index < -0.39 is 0 Å². The van der Waals surface area contributed by atoms with Crippen LogP contribution in [-0.4, -0.2) is 22.6 Å². The Balaban J connectivity index is 1.94. The van der Waals surface area contributed by atoms with Gasteiger partial charge in [0.2, 0.25) is 0 Å². The van der Waals surface area contributed by atoms with Gasteiger partial charge in [0.25, 0.3) is 0 Å². The number of hydrogen-bond donors (Lipinski definition) is 1. The van der Waals surface area contributed by atoms with Gasteiger partial charge >= 0.3 is 0 Å². The lowest BCUT2D eigenvalue weighted by Crippen LogP contribution is -2.20. The molecule has 1 heterocycles. The molecule has 0 saturated heterocycles. The summed E-state index contributed by atoms with van der Waals surface area (Å²) < 4.78 is 2.05. The standard InChI is InChI=1S/C10H15N3/c1-2-3-4-5-11-6-8-13-9-7-12-10-13/h1,7,9-11H,3-6,8H2. The predicted octanol–water partition coefficient (Wildman–Crippen LogP) is 0.886. The number of unbranched alkanes of at least 4 members (excludes halogenated alkanes) is 1. The molecule has 3 heteroatoms. The van der Waals surface area contributed by atoms with Crippen LogP contribution in [0.25, 0.3) is 0 Å². The first-order valence-corrected chi connectivity index (χ1v) is 4.53. The molecule has 70 valence electrons. The minimum Gasteiger partial charge on any atom is -0.336 e. The normalized spacial score (nSPS) is 9.77. The summed E-state index contributed by atoms with van der Waals surface area (Å²) in [6, 6.07) is 0. The average Bonchev–Trinajstić information content (AvgIpc) is 2.63. The number of terminal acetylenes is 1. The fourth-order valence-corrected chi connectivity index (χ4v) is 1.07. The van der Waals surface area contributed by atoms with Crippen LogP contribution in [-0.2, 0) is 6.54 Å². The van der Waals surface area contributed by atoms with Gasteiger partial charge < -0.3 is 9.88 Å². The van der Waals surface area contributed by atoms with Gasteiger partial charge in [0.1, 0.15) is 0 Å². The summed E-state index contributed by atoms with van der Waals surface area (Å²) >= 11 is 0. The second-order valence-corrected chi connectivity index (χ2v) is 2.86. The van der Waals surface area contributed by atoms with Crippen LogP contribution in [0, 0.1) is 12.3 Å². The zero-order chi connectivity index (χ0) is 9.36. The van der Waals surface area contributed by atoms with Gasteiger partial charge in [-0.2, -0.15) is 0 Å². The van der Waals surface area contributed by atoms with Gasteiger partial charge in [-0.05, 0) is 13.0 Å². The van der Waals surface area contributed by atoms with Gasteiger partial charge in [0.05, 0.1) is 6.33 Å². The van der Waals surface area contributed by atoms with E-state index in [-0.39, 0.29) is 0 Å². The lowest BCUT2D eigenvalue weighted by molar-refractivity contribution is 0.587. The first-order chi connectivity index (χ1) is 6.43. The van der Waals surface area contributed by atoms with E-state index in [1.54, 1.807) is 6.20 Å². The Bertz CT molecular complexity index is 246. The molecule has 1 aromatic heterocycles. The quantitative estimate of drug-likeness (QED) is 0.516. The molecule has 13 heavy (non-hydrogen) atoms. The highest BCUT2D eigenvalue weighted by Gasteiger charge is 1.89. The third-order valence-electron chi connectivity index (χ3n) is 1.78. The Hall–Kier alpha value is -1.27. The molecule has 1 aromatic rings. The Labute approximate surface area is 79.2 Å². The molecule has 0 bridgehead atoms. The summed E-state index contributed by atoms with van der Waals surface area (Å²) in [5, 5.41) is 3.31. The molecule has 0 aliphatic heterocycles. The van der Waals surface area contributed by atoms with Gasteiger partial charge in [0.15, 0.2) is 0 Å². The maximum absolute atomic E-state index is 5.13. The van der Waals surface area contributed by atoms with E-state index in [2.05, 4.69) is 16.2 Å². The van der Waals surface area contributed by atoms with E-state index in [0.717, 1.165) is 32.5 Å². The number of rotatable bonds is 6. The Morgan fingerprint density at radius 3 is 3.08 bits per heavy atom. The Kier molecular flexibility index (Phi) is 4.73. The van der Waals surface area contributed by atoms with E-state index in [9.17, 15) is 0 Å². The maximum Gasteiger partial charge on any atom is 0.0946 e. The fraction of sp³-hybridized carbons (Fsp3) is 0.500. The molecule has 3 nitrogen and oxygen atoms in total. The number of hydrogen-bond acceptors (Lipinski definition) is 2. The highest BCUT2D eigenvalue weighted by atomic mass is 15.0. The zero-order valence-corrected chi connectivity index (χ0v) is 7.74. The molecule has 0 aliphatic carbocycles. The van der Waals surface area contributed by atoms with E-state index in [1.165, 1.54) is 0 Å². The number of nitrogens with one attached hydrogen (secondary N) is 1. The van der Waals surface area contributed by atoms with Crippen molar-refractivity contribution in [3.63, 3.8) is 0 Å². The minimum absolute atomic E-state index is 0.859. The molecule has 0 aromatic carbocycles. The highest BCUT2D eigenvalue weighted by Crippen LogP contribution is 1.85. The van der Waals surface area contributed by atoms with E-state index in [4.69, 9.17) is 6.42 Å². The molecule has 1 N–H and O–H groups in total. The zero-order valence-electron chi connectivity index (χ0n) is 7.74. The van der Waals surface area contributed by atoms with E-state index in [0.29, 0.717) is 0 Å². The third kappa shape index (κ3) is 4.34. The second kappa shape index (κ2) is 6.27. The van der Waals surface area contributed by atoms with Crippen molar-refractivity contribution >= 4 is 0 Å². The van der Waals surface area contributed by atoms with Crippen LogP contribution in [0.3, 0.4) is 0 Å². The minimum atomic E-state index is 0.859.